The summed E-state index contributed by atoms with van der Waals surface area (Å²) in [6.45, 7) is 4.46. The summed E-state index contributed by atoms with van der Waals surface area (Å²) in [5.41, 5.74) is 1.78. The van der Waals surface area contributed by atoms with Crippen LogP contribution in [0.4, 0.5) is 15.9 Å². The van der Waals surface area contributed by atoms with Gasteiger partial charge in [-0.2, -0.15) is 0 Å². The Hall–Kier alpha value is -3.41. The van der Waals surface area contributed by atoms with Crippen LogP contribution in [0.2, 0.25) is 0 Å². The lowest BCUT2D eigenvalue weighted by Gasteiger charge is -2.11. The molecule has 5 nitrogen and oxygen atoms in total. The summed E-state index contributed by atoms with van der Waals surface area (Å²) in [6.07, 6.45) is 2.16. The predicted molar refractivity (Wildman–Crippen MR) is 113 cm³/mol. The number of pyridine rings is 1. The largest absolute Gasteiger partial charge is 0.491 e. The fraction of sp³-hybridized carbons (Fsp3) is 0.217. The maximum atomic E-state index is 13.6. The quantitative estimate of drug-likeness (QED) is 0.570. The van der Waals surface area contributed by atoms with E-state index in [4.69, 9.17) is 4.74 Å². The maximum absolute atomic E-state index is 13.6. The highest BCUT2D eigenvalue weighted by atomic mass is 19.1. The highest BCUT2D eigenvalue weighted by Gasteiger charge is 2.08. The number of hydrogen-bond acceptors (Lipinski definition) is 4. The molecular weight excluding hydrogens is 369 g/mol. The van der Waals surface area contributed by atoms with Crippen molar-refractivity contribution >= 4 is 17.4 Å². The third-order valence-electron chi connectivity index (χ3n) is 4.17. The van der Waals surface area contributed by atoms with Gasteiger partial charge in [-0.25, -0.2) is 9.37 Å². The normalized spacial score (nSPS) is 10.6. The van der Waals surface area contributed by atoms with Crippen LogP contribution in [0.15, 0.2) is 66.9 Å². The predicted octanol–water partition coefficient (Wildman–Crippen LogP) is 4.91. The number of aromatic nitrogens is 1. The van der Waals surface area contributed by atoms with Crippen molar-refractivity contribution in [3.05, 3.63) is 83.8 Å². The summed E-state index contributed by atoms with van der Waals surface area (Å²) in [5, 5.41) is 5.97. The minimum atomic E-state index is -0.243. The van der Waals surface area contributed by atoms with Gasteiger partial charge in [0.25, 0.3) is 5.91 Å². The fourth-order valence-corrected chi connectivity index (χ4v) is 2.75. The molecule has 0 radical (unpaired) electrons. The molecule has 150 valence electrons. The van der Waals surface area contributed by atoms with Gasteiger partial charge in [0.2, 0.25) is 0 Å². The minimum absolute atomic E-state index is 0.0976. The number of anilines is 2. The summed E-state index contributed by atoms with van der Waals surface area (Å²) in [5.74, 6) is 0.935. The molecule has 3 aromatic rings. The van der Waals surface area contributed by atoms with Crippen molar-refractivity contribution in [1.82, 2.24) is 4.98 Å². The molecular formula is C23H24FN3O2. The third-order valence-corrected chi connectivity index (χ3v) is 4.17. The van der Waals surface area contributed by atoms with Crippen molar-refractivity contribution in [2.45, 2.75) is 26.4 Å². The molecule has 0 spiro atoms. The molecule has 0 saturated carbocycles. The van der Waals surface area contributed by atoms with Gasteiger partial charge in [-0.15, -0.1) is 0 Å². The summed E-state index contributed by atoms with van der Waals surface area (Å²) in [4.78, 5) is 16.6. The molecule has 1 aromatic heterocycles. The minimum Gasteiger partial charge on any atom is -0.491 e. The van der Waals surface area contributed by atoms with Gasteiger partial charge in [-0.3, -0.25) is 4.79 Å². The van der Waals surface area contributed by atoms with Crippen LogP contribution >= 0.6 is 0 Å². The number of nitrogens with zero attached hydrogens (tertiary/aromatic N) is 1. The SMILES string of the molecule is CC(C)Oc1ccc(NC(=O)c2ccc(NCCc3ccccc3F)nc2)cc1. The first kappa shape index (κ1) is 20.3. The Morgan fingerprint density at radius 1 is 1.07 bits per heavy atom. The average molecular weight is 393 g/mol. The van der Waals surface area contributed by atoms with Gasteiger partial charge in [0, 0.05) is 18.4 Å². The van der Waals surface area contributed by atoms with E-state index in [1.54, 1.807) is 36.4 Å². The van der Waals surface area contributed by atoms with Crippen molar-refractivity contribution in [1.29, 1.82) is 0 Å². The van der Waals surface area contributed by atoms with Crippen LogP contribution in [-0.4, -0.2) is 23.5 Å². The average Bonchev–Trinajstić information content (AvgIpc) is 2.71. The number of benzene rings is 2. The van der Waals surface area contributed by atoms with E-state index in [9.17, 15) is 9.18 Å². The molecule has 0 atom stereocenters. The van der Waals surface area contributed by atoms with E-state index >= 15 is 0 Å². The number of carbonyl (C=O) groups excluding carboxylic acids is 1. The highest BCUT2D eigenvalue weighted by molar-refractivity contribution is 6.04. The number of halogens is 1. The molecule has 2 aromatic carbocycles. The van der Waals surface area contributed by atoms with Crippen molar-refractivity contribution in [3.63, 3.8) is 0 Å². The Balaban J connectivity index is 1.51. The molecule has 6 heteroatoms. The summed E-state index contributed by atoms with van der Waals surface area (Å²) >= 11 is 0. The van der Waals surface area contributed by atoms with E-state index < -0.39 is 0 Å². The van der Waals surface area contributed by atoms with Crippen LogP contribution in [0.3, 0.4) is 0 Å². The molecule has 0 aliphatic rings. The highest BCUT2D eigenvalue weighted by Crippen LogP contribution is 2.18. The first-order chi connectivity index (χ1) is 14.0. The molecule has 2 N–H and O–H groups in total. The summed E-state index contributed by atoms with van der Waals surface area (Å²) < 4.78 is 19.2. The zero-order valence-corrected chi connectivity index (χ0v) is 16.5. The van der Waals surface area contributed by atoms with Crippen LogP contribution < -0.4 is 15.4 Å². The molecule has 0 aliphatic carbocycles. The third kappa shape index (κ3) is 6.04. The number of ether oxygens (including phenoxy) is 1. The first-order valence-electron chi connectivity index (χ1n) is 9.52. The second-order valence-corrected chi connectivity index (χ2v) is 6.85. The summed E-state index contributed by atoms with van der Waals surface area (Å²) in [7, 11) is 0. The van der Waals surface area contributed by atoms with E-state index in [1.165, 1.54) is 12.3 Å². The van der Waals surface area contributed by atoms with Crippen LogP contribution in [0.25, 0.3) is 0 Å². The molecule has 29 heavy (non-hydrogen) atoms. The van der Waals surface area contributed by atoms with E-state index in [0.29, 0.717) is 35.6 Å². The van der Waals surface area contributed by atoms with Gasteiger partial charge in [0.1, 0.15) is 17.4 Å². The van der Waals surface area contributed by atoms with Crippen LogP contribution in [-0.2, 0) is 6.42 Å². The number of hydrogen-bond donors (Lipinski definition) is 2. The lowest BCUT2D eigenvalue weighted by molar-refractivity contribution is 0.102. The lowest BCUT2D eigenvalue weighted by atomic mass is 10.1. The Morgan fingerprint density at radius 2 is 1.83 bits per heavy atom. The van der Waals surface area contributed by atoms with Crippen molar-refractivity contribution in [2.75, 3.05) is 17.2 Å². The molecule has 0 unspecified atom stereocenters. The van der Waals surface area contributed by atoms with Crippen molar-refractivity contribution in [3.8, 4) is 5.75 Å². The second kappa shape index (κ2) is 9.68. The van der Waals surface area contributed by atoms with Crippen LogP contribution in [0.5, 0.6) is 5.75 Å². The molecule has 3 rings (SSSR count). The number of rotatable bonds is 8. The Morgan fingerprint density at radius 3 is 2.48 bits per heavy atom. The van der Waals surface area contributed by atoms with Gasteiger partial charge in [-0.05, 0) is 68.3 Å². The molecule has 0 aliphatic heterocycles. The lowest BCUT2D eigenvalue weighted by Crippen LogP contribution is -2.13. The van der Waals surface area contributed by atoms with Crippen LogP contribution in [0, 0.1) is 5.82 Å². The van der Waals surface area contributed by atoms with Gasteiger partial charge < -0.3 is 15.4 Å². The van der Waals surface area contributed by atoms with Gasteiger partial charge in [-0.1, -0.05) is 18.2 Å². The van der Waals surface area contributed by atoms with E-state index in [0.717, 1.165) is 5.75 Å². The first-order valence-corrected chi connectivity index (χ1v) is 9.52. The van der Waals surface area contributed by atoms with E-state index in [-0.39, 0.29) is 17.8 Å². The van der Waals surface area contributed by atoms with E-state index in [2.05, 4.69) is 15.6 Å². The van der Waals surface area contributed by atoms with Crippen molar-refractivity contribution < 1.29 is 13.9 Å². The zero-order chi connectivity index (χ0) is 20.6. The van der Waals surface area contributed by atoms with Crippen molar-refractivity contribution in [2.24, 2.45) is 0 Å². The van der Waals surface area contributed by atoms with Gasteiger partial charge in [0.15, 0.2) is 0 Å². The maximum Gasteiger partial charge on any atom is 0.257 e. The van der Waals surface area contributed by atoms with E-state index in [1.807, 2.05) is 32.0 Å². The number of nitrogens with one attached hydrogen (secondary N) is 2. The molecule has 0 bridgehead atoms. The molecule has 0 fully saturated rings. The fourth-order valence-electron chi connectivity index (χ4n) is 2.75. The summed E-state index contributed by atoms with van der Waals surface area (Å²) in [6, 6.07) is 17.3. The van der Waals surface area contributed by atoms with Gasteiger partial charge in [0.05, 0.1) is 11.7 Å². The van der Waals surface area contributed by atoms with Crippen LogP contribution in [0.1, 0.15) is 29.8 Å². The zero-order valence-electron chi connectivity index (χ0n) is 16.5. The monoisotopic (exact) mass is 393 g/mol. The Labute approximate surface area is 169 Å². The molecule has 1 heterocycles. The smallest absolute Gasteiger partial charge is 0.257 e. The number of amides is 1. The Kier molecular flexibility index (Phi) is 6.79. The number of carbonyl (C=O) groups is 1. The molecule has 0 saturated heterocycles. The second-order valence-electron chi connectivity index (χ2n) is 6.85. The standard InChI is InChI=1S/C23H24FN3O2/c1-16(2)29-20-10-8-19(9-11-20)27-23(28)18-7-12-22(26-15-18)25-14-13-17-5-3-4-6-21(17)24/h3-12,15-16H,13-14H2,1-2H3,(H,25,26)(H,27,28). The molecule has 1 amide bonds. The van der Waals surface area contributed by atoms with Gasteiger partial charge >= 0.3 is 0 Å². The topological polar surface area (TPSA) is 63.2 Å². The Bertz CT molecular complexity index is 941.